The fourth-order valence-corrected chi connectivity index (χ4v) is 2.08. The third-order valence-electron chi connectivity index (χ3n) is 3.10. The molecule has 90 valence electrons. The van der Waals surface area contributed by atoms with Gasteiger partial charge in [-0.2, -0.15) is 0 Å². The monoisotopic (exact) mass is 241 g/mol. The Hall–Kier alpha value is -0.930. The van der Waals surface area contributed by atoms with Gasteiger partial charge in [0.05, 0.1) is 11.4 Å². The van der Waals surface area contributed by atoms with Crippen LogP contribution in [0, 0.1) is 0 Å². The Morgan fingerprint density at radius 2 is 1.75 bits per heavy atom. The number of nitrogens with zero attached hydrogens (tertiary/aromatic N) is 2. The molecule has 0 spiro atoms. The van der Waals surface area contributed by atoms with Crippen LogP contribution < -0.4 is 10.6 Å². The van der Waals surface area contributed by atoms with Gasteiger partial charge in [-0.05, 0) is 18.7 Å². The van der Waals surface area contributed by atoms with Crippen molar-refractivity contribution in [3.8, 4) is 0 Å². The Kier molecular flexibility index (Phi) is 4.90. The first-order chi connectivity index (χ1) is 7.31. The second-order valence-corrected chi connectivity index (χ2v) is 3.98. The van der Waals surface area contributed by atoms with Crippen molar-refractivity contribution in [3.05, 3.63) is 24.3 Å². The summed E-state index contributed by atoms with van der Waals surface area (Å²) in [7, 11) is 0. The van der Waals surface area contributed by atoms with E-state index in [4.69, 9.17) is 5.73 Å². The van der Waals surface area contributed by atoms with Gasteiger partial charge in [-0.3, -0.25) is 0 Å². The van der Waals surface area contributed by atoms with Gasteiger partial charge < -0.3 is 15.5 Å². The van der Waals surface area contributed by atoms with Crippen LogP contribution in [0.1, 0.15) is 6.92 Å². The minimum Gasteiger partial charge on any atom is -0.397 e. The SMILES string of the molecule is CCN1CCN(c2ccccc2N)CC1.Cl. The zero-order valence-corrected chi connectivity index (χ0v) is 10.5. The van der Waals surface area contributed by atoms with Gasteiger partial charge >= 0.3 is 0 Å². The Labute approximate surface area is 104 Å². The van der Waals surface area contributed by atoms with Crippen LogP contribution in [-0.2, 0) is 0 Å². The van der Waals surface area contributed by atoms with E-state index >= 15 is 0 Å². The van der Waals surface area contributed by atoms with Gasteiger partial charge in [0.25, 0.3) is 0 Å². The molecule has 16 heavy (non-hydrogen) atoms. The van der Waals surface area contributed by atoms with Gasteiger partial charge in [0.2, 0.25) is 0 Å². The number of para-hydroxylation sites is 2. The summed E-state index contributed by atoms with van der Waals surface area (Å²) < 4.78 is 0. The van der Waals surface area contributed by atoms with Crippen LogP contribution in [-0.4, -0.2) is 37.6 Å². The molecule has 3 nitrogen and oxygen atoms in total. The van der Waals surface area contributed by atoms with Crippen molar-refractivity contribution in [2.45, 2.75) is 6.92 Å². The van der Waals surface area contributed by atoms with E-state index in [0.29, 0.717) is 0 Å². The molecule has 4 heteroatoms. The Bertz CT molecular complexity index is 322. The highest BCUT2D eigenvalue weighted by Crippen LogP contribution is 2.23. The second-order valence-electron chi connectivity index (χ2n) is 3.98. The molecule has 1 aromatic carbocycles. The van der Waals surface area contributed by atoms with Crippen LogP contribution >= 0.6 is 12.4 Å². The van der Waals surface area contributed by atoms with Crippen LogP contribution in [0.3, 0.4) is 0 Å². The summed E-state index contributed by atoms with van der Waals surface area (Å²) in [4.78, 5) is 4.84. The first-order valence-electron chi connectivity index (χ1n) is 5.63. The summed E-state index contributed by atoms with van der Waals surface area (Å²) in [5.74, 6) is 0. The number of nitrogen functional groups attached to an aromatic ring is 1. The van der Waals surface area contributed by atoms with E-state index < -0.39 is 0 Å². The molecule has 0 amide bonds. The summed E-state index contributed by atoms with van der Waals surface area (Å²) in [5, 5.41) is 0. The Morgan fingerprint density at radius 3 is 2.31 bits per heavy atom. The maximum Gasteiger partial charge on any atom is 0.0600 e. The lowest BCUT2D eigenvalue weighted by atomic mass is 10.2. The Balaban J connectivity index is 0.00000128. The van der Waals surface area contributed by atoms with E-state index in [-0.39, 0.29) is 12.4 Å². The third-order valence-corrected chi connectivity index (χ3v) is 3.10. The van der Waals surface area contributed by atoms with Crippen molar-refractivity contribution >= 4 is 23.8 Å². The predicted octanol–water partition coefficient (Wildman–Crippen LogP) is 1.83. The molecule has 1 aromatic rings. The van der Waals surface area contributed by atoms with Gasteiger partial charge in [0, 0.05) is 26.2 Å². The van der Waals surface area contributed by atoms with Gasteiger partial charge in [-0.1, -0.05) is 19.1 Å². The van der Waals surface area contributed by atoms with Crippen molar-refractivity contribution in [1.82, 2.24) is 4.90 Å². The van der Waals surface area contributed by atoms with E-state index in [0.717, 1.165) is 38.4 Å². The van der Waals surface area contributed by atoms with E-state index in [9.17, 15) is 0 Å². The number of piperazine rings is 1. The zero-order chi connectivity index (χ0) is 10.7. The summed E-state index contributed by atoms with van der Waals surface area (Å²) in [6.07, 6.45) is 0. The predicted molar refractivity (Wildman–Crippen MR) is 72.4 cm³/mol. The summed E-state index contributed by atoms with van der Waals surface area (Å²) in [6.45, 7) is 7.82. The molecular weight excluding hydrogens is 222 g/mol. The Morgan fingerprint density at radius 1 is 1.12 bits per heavy atom. The second kappa shape index (κ2) is 5.97. The largest absolute Gasteiger partial charge is 0.397 e. The normalized spacial score (nSPS) is 16.9. The van der Waals surface area contributed by atoms with Gasteiger partial charge in [0.15, 0.2) is 0 Å². The highest BCUT2D eigenvalue weighted by Gasteiger charge is 2.16. The van der Waals surface area contributed by atoms with Gasteiger partial charge in [-0.15, -0.1) is 12.4 Å². The number of rotatable bonds is 2. The first kappa shape index (κ1) is 13.1. The minimum absolute atomic E-state index is 0. The molecule has 0 unspecified atom stereocenters. The molecule has 0 radical (unpaired) electrons. The van der Waals surface area contributed by atoms with E-state index in [1.165, 1.54) is 5.69 Å². The summed E-state index contributed by atoms with van der Waals surface area (Å²) in [5.41, 5.74) is 8.04. The lowest BCUT2D eigenvalue weighted by Gasteiger charge is -2.36. The molecule has 0 aromatic heterocycles. The molecule has 0 aliphatic carbocycles. The number of hydrogen-bond donors (Lipinski definition) is 1. The topological polar surface area (TPSA) is 32.5 Å². The highest BCUT2D eigenvalue weighted by atomic mass is 35.5. The number of likely N-dealkylation sites (N-methyl/N-ethyl adjacent to an activating group) is 1. The average molecular weight is 242 g/mol. The van der Waals surface area contributed by atoms with E-state index in [2.05, 4.69) is 28.9 Å². The molecule has 1 saturated heterocycles. The number of nitrogens with two attached hydrogens (primary N) is 1. The standard InChI is InChI=1S/C12H19N3.ClH/c1-2-14-7-9-15(10-8-14)12-6-4-3-5-11(12)13;/h3-6H,2,7-10,13H2,1H3;1H. The maximum absolute atomic E-state index is 5.96. The maximum atomic E-state index is 5.96. The zero-order valence-electron chi connectivity index (χ0n) is 9.72. The van der Waals surface area contributed by atoms with Gasteiger partial charge in [-0.25, -0.2) is 0 Å². The van der Waals surface area contributed by atoms with Crippen molar-refractivity contribution in [2.75, 3.05) is 43.4 Å². The number of halogens is 1. The fraction of sp³-hybridized carbons (Fsp3) is 0.500. The number of hydrogen-bond acceptors (Lipinski definition) is 3. The van der Waals surface area contributed by atoms with Crippen molar-refractivity contribution in [1.29, 1.82) is 0 Å². The summed E-state index contributed by atoms with van der Waals surface area (Å²) in [6, 6.07) is 8.12. The van der Waals surface area contributed by atoms with Crippen LogP contribution in [0.5, 0.6) is 0 Å². The van der Waals surface area contributed by atoms with E-state index in [1.54, 1.807) is 0 Å². The first-order valence-corrected chi connectivity index (χ1v) is 5.63. The van der Waals surface area contributed by atoms with Crippen LogP contribution in [0.2, 0.25) is 0 Å². The molecule has 1 aliphatic heterocycles. The highest BCUT2D eigenvalue weighted by molar-refractivity contribution is 5.85. The molecule has 1 fully saturated rings. The van der Waals surface area contributed by atoms with Crippen LogP contribution in [0.4, 0.5) is 11.4 Å². The molecule has 2 N–H and O–H groups in total. The van der Waals surface area contributed by atoms with Gasteiger partial charge in [0.1, 0.15) is 0 Å². The average Bonchev–Trinajstić information content (AvgIpc) is 2.30. The summed E-state index contributed by atoms with van der Waals surface area (Å²) >= 11 is 0. The molecule has 2 rings (SSSR count). The smallest absolute Gasteiger partial charge is 0.0600 e. The molecule has 1 aliphatic rings. The molecule has 1 heterocycles. The fourth-order valence-electron chi connectivity index (χ4n) is 2.08. The minimum atomic E-state index is 0. The lowest BCUT2D eigenvalue weighted by Crippen LogP contribution is -2.46. The number of benzene rings is 1. The van der Waals surface area contributed by atoms with E-state index in [1.807, 2.05) is 12.1 Å². The molecular formula is C12H20ClN3. The molecule has 0 bridgehead atoms. The lowest BCUT2D eigenvalue weighted by molar-refractivity contribution is 0.271. The van der Waals surface area contributed by atoms with Crippen LogP contribution in [0.15, 0.2) is 24.3 Å². The van der Waals surface area contributed by atoms with Crippen molar-refractivity contribution in [2.24, 2.45) is 0 Å². The quantitative estimate of drug-likeness (QED) is 0.802. The molecule has 0 atom stereocenters. The van der Waals surface area contributed by atoms with Crippen LogP contribution in [0.25, 0.3) is 0 Å². The third kappa shape index (κ3) is 2.80. The van der Waals surface area contributed by atoms with Crippen molar-refractivity contribution < 1.29 is 0 Å². The molecule has 0 saturated carbocycles. The number of anilines is 2. The van der Waals surface area contributed by atoms with Crippen molar-refractivity contribution in [3.63, 3.8) is 0 Å².